The lowest BCUT2D eigenvalue weighted by Gasteiger charge is -2.22. The zero-order valence-electron chi connectivity index (χ0n) is 11.4. The number of hydrogen-bond acceptors (Lipinski definition) is 4. The Kier molecular flexibility index (Phi) is 7.59. The Labute approximate surface area is 104 Å². The molecular weight excluding hydrogens is 220 g/mol. The maximum Gasteiger partial charge on any atom is 0.306 e. The van der Waals surface area contributed by atoms with Crippen LogP contribution in [-0.4, -0.2) is 25.2 Å². The highest BCUT2D eigenvalue weighted by Crippen LogP contribution is 2.26. The summed E-state index contributed by atoms with van der Waals surface area (Å²) in [6.07, 6.45) is 2.11. The average Bonchev–Trinajstić information content (AvgIpc) is 2.22. The lowest BCUT2D eigenvalue weighted by atomic mass is 9.86. The zero-order valence-corrected chi connectivity index (χ0v) is 11.4. The maximum atomic E-state index is 11.4. The molecule has 0 rings (SSSR count). The van der Waals surface area contributed by atoms with Crippen molar-refractivity contribution in [3.8, 4) is 0 Å². The lowest BCUT2D eigenvalue weighted by molar-refractivity contribution is -0.149. The third-order valence-corrected chi connectivity index (χ3v) is 2.18. The number of esters is 2. The molecule has 0 saturated carbocycles. The van der Waals surface area contributed by atoms with E-state index in [4.69, 9.17) is 9.47 Å². The van der Waals surface area contributed by atoms with Gasteiger partial charge < -0.3 is 9.47 Å². The molecule has 0 unspecified atom stereocenters. The van der Waals surface area contributed by atoms with Crippen LogP contribution in [0.2, 0.25) is 0 Å². The van der Waals surface area contributed by atoms with Crippen LogP contribution in [0.5, 0.6) is 0 Å². The second kappa shape index (κ2) is 8.09. The van der Waals surface area contributed by atoms with Crippen LogP contribution in [-0.2, 0) is 19.1 Å². The van der Waals surface area contributed by atoms with Gasteiger partial charge in [0.1, 0.15) is 0 Å². The van der Waals surface area contributed by atoms with Crippen molar-refractivity contribution >= 4 is 11.9 Å². The van der Waals surface area contributed by atoms with Gasteiger partial charge in [0.2, 0.25) is 0 Å². The molecule has 4 heteroatoms. The molecule has 0 atom stereocenters. The van der Waals surface area contributed by atoms with Gasteiger partial charge in [-0.2, -0.15) is 0 Å². The third kappa shape index (κ3) is 8.72. The monoisotopic (exact) mass is 244 g/mol. The van der Waals surface area contributed by atoms with Gasteiger partial charge in [-0.1, -0.05) is 27.7 Å². The highest BCUT2D eigenvalue weighted by Gasteiger charge is 2.26. The fourth-order valence-electron chi connectivity index (χ4n) is 1.38. The normalized spacial score (nSPS) is 11.1. The Morgan fingerprint density at radius 2 is 1.24 bits per heavy atom. The first kappa shape index (κ1) is 15.9. The van der Waals surface area contributed by atoms with Crippen molar-refractivity contribution in [3.05, 3.63) is 0 Å². The largest absolute Gasteiger partial charge is 0.466 e. The van der Waals surface area contributed by atoms with Gasteiger partial charge >= 0.3 is 11.9 Å². The van der Waals surface area contributed by atoms with Crippen LogP contribution in [0.15, 0.2) is 0 Å². The SMILES string of the molecule is CCCOC(=O)CC(C)(C)CC(=O)OCCC. The highest BCUT2D eigenvalue weighted by atomic mass is 16.5. The van der Waals surface area contributed by atoms with Crippen molar-refractivity contribution in [1.82, 2.24) is 0 Å². The lowest BCUT2D eigenvalue weighted by Crippen LogP contribution is -2.23. The summed E-state index contributed by atoms with van der Waals surface area (Å²) in [6.45, 7) is 8.51. The van der Waals surface area contributed by atoms with Crippen molar-refractivity contribution in [2.45, 2.75) is 53.4 Å². The third-order valence-electron chi connectivity index (χ3n) is 2.18. The van der Waals surface area contributed by atoms with Crippen LogP contribution < -0.4 is 0 Å². The van der Waals surface area contributed by atoms with Crippen molar-refractivity contribution in [2.24, 2.45) is 5.41 Å². The quantitative estimate of drug-likeness (QED) is 0.616. The molecule has 0 fully saturated rings. The van der Waals surface area contributed by atoms with Gasteiger partial charge in [-0.25, -0.2) is 0 Å². The summed E-state index contributed by atoms with van der Waals surface area (Å²) in [4.78, 5) is 22.9. The summed E-state index contributed by atoms with van der Waals surface area (Å²) >= 11 is 0. The number of rotatable bonds is 8. The van der Waals surface area contributed by atoms with Crippen LogP contribution in [0.4, 0.5) is 0 Å². The van der Waals surface area contributed by atoms with E-state index in [1.165, 1.54) is 0 Å². The first-order valence-corrected chi connectivity index (χ1v) is 6.22. The van der Waals surface area contributed by atoms with E-state index in [1.807, 2.05) is 27.7 Å². The van der Waals surface area contributed by atoms with E-state index in [0.717, 1.165) is 12.8 Å². The number of ether oxygens (including phenoxy) is 2. The Bertz CT molecular complexity index is 222. The maximum absolute atomic E-state index is 11.4. The van der Waals surface area contributed by atoms with E-state index < -0.39 is 5.41 Å². The van der Waals surface area contributed by atoms with E-state index in [1.54, 1.807) is 0 Å². The van der Waals surface area contributed by atoms with E-state index in [9.17, 15) is 9.59 Å². The molecule has 0 aliphatic carbocycles. The van der Waals surface area contributed by atoms with Gasteiger partial charge in [-0.05, 0) is 18.3 Å². The summed E-state index contributed by atoms with van der Waals surface area (Å²) in [6, 6.07) is 0. The molecule has 0 spiro atoms. The topological polar surface area (TPSA) is 52.6 Å². The molecule has 0 aliphatic heterocycles. The first-order valence-electron chi connectivity index (χ1n) is 6.22. The van der Waals surface area contributed by atoms with Crippen LogP contribution in [0.3, 0.4) is 0 Å². The Hall–Kier alpha value is -1.06. The number of hydrogen-bond donors (Lipinski definition) is 0. The van der Waals surface area contributed by atoms with Crippen molar-refractivity contribution in [3.63, 3.8) is 0 Å². The summed E-state index contributed by atoms with van der Waals surface area (Å²) in [5, 5.41) is 0. The second-order valence-electron chi connectivity index (χ2n) is 4.96. The van der Waals surface area contributed by atoms with Crippen molar-refractivity contribution in [1.29, 1.82) is 0 Å². The molecule has 0 amide bonds. The number of carbonyl (C=O) groups is 2. The second-order valence-corrected chi connectivity index (χ2v) is 4.96. The predicted molar refractivity (Wildman–Crippen MR) is 65.5 cm³/mol. The summed E-state index contributed by atoms with van der Waals surface area (Å²) in [5.41, 5.74) is -0.407. The van der Waals surface area contributed by atoms with Gasteiger partial charge in [0.15, 0.2) is 0 Å². The molecule has 0 bridgehead atoms. The van der Waals surface area contributed by atoms with Crippen LogP contribution in [0.1, 0.15) is 53.4 Å². The molecule has 0 saturated heterocycles. The van der Waals surface area contributed by atoms with Gasteiger partial charge in [0.05, 0.1) is 26.1 Å². The van der Waals surface area contributed by atoms with Crippen molar-refractivity contribution in [2.75, 3.05) is 13.2 Å². The summed E-state index contributed by atoms with van der Waals surface area (Å²) < 4.78 is 10.00. The van der Waals surface area contributed by atoms with Gasteiger partial charge in [0.25, 0.3) is 0 Å². The minimum absolute atomic E-state index is 0.244. The molecule has 0 heterocycles. The predicted octanol–water partition coefficient (Wildman–Crippen LogP) is 2.70. The number of carbonyl (C=O) groups excluding carboxylic acids is 2. The molecule has 0 aromatic heterocycles. The molecule has 0 N–H and O–H groups in total. The fraction of sp³-hybridized carbons (Fsp3) is 0.846. The minimum atomic E-state index is -0.407. The molecule has 100 valence electrons. The van der Waals surface area contributed by atoms with Crippen LogP contribution in [0.25, 0.3) is 0 Å². The standard InChI is InChI=1S/C13H24O4/c1-5-7-16-11(14)9-13(3,4)10-12(15)17-8-6-2/h5-10H2,1-4H3. The van der Waals surface area contributed by atoms with E-state index >= 15 is 0 Å². The molecule has 17 heavy (non-hydrogen) atoms. The minimum Gasteiger partial charge on any atom is -0.466 e. The molecular formula is C13H24O4. The molecule has 0 aliphatic rings. The molecule has 0 radical (unpaired) electrons. The first-order chi connectivity index (χ1) is 7.91. The highest BCUT2D eigenvalue weighted by molar-refractivity contribution is 5.74. The molecule has 0 aromatic rings. The van der Waals surface area contributed by atoms with E-state index in [-0.39, 0.29) is 24.8 Å². The van der Waals surface area contributed by atoms with E-state index in [0.29, 0.717) is 13.2 Å². The summed E-state index contributed by atoms with van der Waals surface area (Å²) in [7, 11) is 0. The Morgan fingerprint density at radius 3 is 1.53 bits per heavy atom. The summed E-state index contributed by atoms with van der Waals surface area (Å²) in [5.74, 6) is -0.500. The van der Waals surface area contributed by atoms with Gasteiger partial charge in [-0.15, -0.1) is 0 Å². The van der Waals surface area contributed by atoms with E-state index in [2.05, 4.69) is 0 Å². The van der Waals surface area contributed by atoms with Crippen molar-refractivity contribution < 1.29 is 19.1 Å². The fourth-order valence-corrected chi connectivity index (χ4v) is 1.38. The smallest absolute Gasteiger partial charge is 0.306 e. The van der Waals surface area contributed by atoms with Crippen LogP contribution in [0, 0.1) is 5.41 Å². The Morgan fingerprint density at radius 1 is 0.882 bits per heavy atom. The van der Waals surface area contributed by atoms with Crippen LogP contribution >= 0.6 is 0 Å². The molecule has 4 nitrogen and oxygen atoms in total. The van der Waals surface area contributed by atoms with Gasteiger partial charge in [-0.3, -0.25) is 9.59 Å². The Balaban J connectivity index is 4.01. The van der Waals surface area contributed by atoms with Gasteiger partial charge in [0, 0.05) is 0 Å². The zero-order chi connectivity index (χ0) is 13.3. The molecule has 0 aromatic carbocycles. The average molecular weight is 244 g/mol.